The van der Waals surface area contributed by atoms with Crippen LogP contribution in [0, 0.1) is 0 Å². The van der Waals surface area contributed by atoms with Crippen LogP contribution in [0.4, 0.5) is 5.95 Å². The second-order valence-corrected chi connectivity index (χ2v) is 5.29. The summed E-state index contributed by atoms with van der Waals surface area (Å²) < 4.78 is 11.1. The first-order valence-electron chi connectivity index (χ1n) is 5.43. The third-order valence-corrected chi connectivity index (χ3v) is 3.07. The van der Waals surface area contributed by atoms with Crippen molar-refractivity contribution in [2.75, 3.05) is 12.3 Å². The van der Waals surface area contributed by atoms with Crippen molar-refractivity contribution in [2.45, 2.75) is 25.2 Å². The highest BCUT2D eigenvalue weighted by Gasteiger charge is 2.37. The van der Waals surface area contributed by atoms with Crippen molar-refractivity contribution in [3.63, 3.8) is 0 Å². The Morgan fingerprint density at radius 2 is 2.26 bits per heavy atom. The van der Waals surface area contributed by atoms with Crippen molar-refractivity contribution >= 4 is 14.1 Å². The highest BCUT2D eigenvalue weighted by Crippen LogP contribution is 2.46. The number of ether oxygens (including phenoxy) is 1. The first-order valence-corrected chi connectivity index (χ1v) is 6.99. The number of hydrogen-bond acceptors (Lipinski definition) is 9. The molecule has 106 valence electrons. The van der Waals surface area contributed by atoms with Crippen LogP contribution in [-0.4, -0.2) is 41.9 Å². The molecule has 2 heterocycles. The lowest BCUT2D eigenvalue weighted by Crippen LogP contribution is -2.29. The zero-order chi connectivity index (χ0) is 14.0. The molecule has 0 aromatic carbocycles. The van der Waals surface area contributed by atoms with Crippen LogP contribution in [0.3, 0.4) is 0 Å². The molecule has 0 bridgehead atoms. The van der Waals surface area contributed by atoms with Gasteiger partial charge in [-0.1, -0.05) is 0 Å². The minimum absolute atomic E-state index is 0.116. The molecule has 0 aliphatic carbocycles. The van der Waals surface area contributed by atoms with Gasteiger partial charge in [0.2, 0.25) is 5.95 Å². The fourth-order valence-corrected chi connectivity index (χ4v) is 2.12. The van der Waals surface area contributed by atoms with Crippen molar-refractivity contribution in [2.24, 2.45) is 0 Å². The second kappa shape index (κ2) is 5.45. The molecule has 0 saturated carbocycles. The molecule has 0 radical (unpaired) electrons. The zero-order valence-corrected chi connectivity index (χ0v) is 10.7. The van der Waals surface area contributed by atoms with E-state index in [1.54, 1.807) is 0 Å². The molecule has 1 aromatic rings. The number of aromatic nitrogens is 3. The molecule has 0 unspecified atom stereocenters. The summed E-state index contributed by atoms with van der Waals surface area (Å²) in [6.45, 7) is -0.182. The van der Waals surface area contributed by atoms with E-state index in [1.165, 1.54) is 10.9 Å². The molecule has 19 heavy (non-hydrogen) atoms. The van der Waals surface area contributed by atoms with E-state index in [9.17, 15) is 4.79 Å². The Kier molecular flexibility index (Phi) is 4.09. The summed E-state index contributed by atoms with van der Waals surface area (Å²) >= 11 is 0. The van der Waals surface area contributed by atoms with E-state index in [4.69, 9.17) is 25.2 Å². The number of hydrogen-bond donors (Lipinski definition) is 4. The van der Waals surface area contributed by atoms with E-state index >= 15 is 0 Å². The van der Waals surface area contributed by atoms with Crippen molar-refractivity contribution in [3.8, 4) is 0 Å². The lowest BCUT2D eigenvalue weighted by atomic mass is 10.2. The summed E-state index contributed by atoms with van der Waals surface area (Å²) in [5, 5.41) is 0. The molecule has 5 N–H and O–H groups in total. The van der Waals surface area contributed by atoms with E-state index in [2.05, 4.69) is 14.5 Å². The maximum absolute atomic E-state index is 11.6. The van der Waals surface area contributed by atoms with Gasteiger partial charge in [0, 0.05) is 0 Å². The van der Waals surface area contributed by atoms with Gasteiger partial charge in [0.15, 0.2) is 0 Å². The minimum Gasteiger partial charge on any atom is -0.368 e. The van der Waals surface area contributed by atoms with Gasteiger partial charge in [-0.05, 0) is 12.8 Å². The van der Waals surface area contributed by atoms with Gasteiger partial charge in [0.25, 0.3) is 0 Å². The maximum Gasteiger partial charge on any atom is 0.567 e. The maximum atomic E-state index is 11.6. The fraction of sp³-hybridized carbons (Fsp3) is 0.625. The molecule has 2 rings (SSSR count). The van der Waals surface area contributed by atoms with Crippen molar-refractivity contribution in [1.82, 2.24) is 14.5 Å². The van der Waals surface area contributed by atoms with Crippen molar-refractivity contribution in [1.29, 1.82) is 0 Å². The van der Waals surface area contributed by atoms with Gasteiger partial charge in [-0.15, -0.1) is 0 Å². The Bertz CT molecular complexity index is 503. The van der Waals surface area contributed by atoms with E-state index in [1.807, 2.05) is 0 Å². The van der Waals surface area contributed by atoms with Crippen molar-refractivity contribution < 1.29 is 23.9 Å². The quantitative estimate of drug-likeness (QED) is 0.489. The molecular weight excluding hydrogens is 279 g/mol. The van der Waals surface area contributed by atoms with Crippen LogP contribution in [-0.2, 0) is 9.26 Å². The van der Waals surface area contributed by atoms with Crippen molar-refractivity contribution in [3.05, 3.63) is 16.8 Å². The zero-order valence-electron chi connectivity index (χ0n) is 9.79. The van der Waals surface area contributed by atoms with Crippen LogP contribution in [0.5, 0.6) is 0 Å². The van der Waals surface area contributed by atoms with Crippen LogP contribution in [0.1, 0.15) is 19.1 Å². The Labute approximate surface area is 108 Å². The number of nitrogen functional groups attached to an aromatic ring is 1. The molecule has 1 aliphatic heterocycles. The third-order valence-electron chi connectivity index (χ3n) is 2.57. The number of anilines is 1. The minimum atomic E-state index is -4.27. The van der Waals surface area contributed by atoms with Gasteiger partial charge in [-0.25, -0.2) is 9.78 Å². The molecule has 10 nitrogen and oxygen atoms in total. The lowest BCUT2D eigenvalue weighted by molar-refractivity contribution is -0.0275. The van der Waals surface area contributed by atoms with E-state index in [0.717, 1.165) is 0 Å². The normalized spacial score (nSPS) is 23.7. The first kappa shape index (κ1) is 14.3. The second-order valence-electron chi connectivity index (χ2n) is 4.00. The van der Waals surface area contributed by atoms with Crippen LogP contribution >= 0.6 is 8.17 Å². The monoisotopic (exact) mass is 293 g/mol. The smallest absolute Gasteiger partial charge is 0.368 e. The molecule has 1 aromatic heterocycles. The summed E-state index contributed by atoms with van der Waals surface area (Å²) in [6.07, 6.45) is 1.25. The fourth-order valence-electron chi connectivity index (χ4n) is 1.75. The molecule has 1 saturated heterocycles. The summed E-state index contributed by atoms with van der Waals surface area (Å²) in [4.78, 5) is 44.8. The SMILES string of the molecule is Nc1ncn([C@H]2CC[C@@H](CO[P+](O)(O)O)O2)c(=O)n1. The van der Waals surface area contributed by atoms with Crippen LogP contribution in [0.2, 0.25) is 0 Å². The Morgan fingerprint density at radius 3 is 2.89 bits per heavy atom. The topological polar surface area (TPSA) is 153 Å². The average Bonchev–Trinajstić information content (AvgIpc) is 2.74. The number of nitrogens with zero attached hydrogens (tertiary/aromatic N) is 3. The summed E-state index contributed by atoms with van der Waals surface area (Å²) in [6, 6.07) is 0. The predicted molar refractivity (Wildman–Crippen MR) is 63.4 cm³/mol. The first-order chi connectivity index (χ1) is 8.85. The molecule has 0 amide bonds. The van der Waals surface area contributed by atoms with Gasteiger partial charge in [-0.3, -0.25) is 4.57 Å². The van der Waals surface area contributed by atoms with Crippen LogP contribution in [0.25, 0.3) is 0 Å². The van der Waals surface area contributed by atoms with E-state index in [0.29, 0.717) is 12.8 Å². The average molecular weight is 293 g/mol. The Hall–Kier alpha value is -1.16. The van der Waals surface area contributed by atoms with Gasteiger partial charge in [0.05, 0.1) is 6.10 Å². The van der Waals surface area contributed by atoms with Gasteiger partial charge < -0.3 is 10.5 Å². The molecule has 11 heteroatoms. The van der Waals surface area contributed by atoms with Crippen LogP contribution in [0.15, 0.2) is 11.1 Å². The lowest BCUT2D eigenvalue weighted by Gasteiger charge is -2.14. The molecule has 0 spiro atoms. The summed E-state index contributed by atoms with van der Waals surface area (Å²) in [5.74, 6) is -0.116. The molecule has 2 atom stereocenters. The highest BCUT2D eigenvalue weighted by atomic mass is 31.2. The Morgan fingerprint density at radius 1 is 1.53 bits per heavy atom. The van der Waals surface area contributed by atoms with Gasteiger partial charge >= 0.3 is 13.9 Å². The molecule has 1 fully saturated rings. The summed E-state index contributed by atoms with van der Waals surface area (Å²) in [5.41, 5.74) is 4.70. The molecule has 1 aliphatic rings. The Balaban J connectivity index is 1.96. The standard InChI is InChI=1S/C8H13N4O6P/c9-7-10-4-12(8(13)11-7)6-2-1-5(18-6)3-17-19(14,15)16/h4-6,14-16H,1-3H2,(H-,9,11,13)/p+1/t5-,6+/m0/s1. The van der Waals surface area contributed by atoms with Crippen LogP contribution < -0.4 is 11.4 Å². The third kappa shape index (κ3) is 3.90. The largest absolute Gasteiger partial charge is 0.567 e. The predicted octanol–water partition coefficient (Wildman–Crippen LogP) is -1.43. The molecular formula is C8H14N4O6P+. The number of nitrogens with two attached hydrogens (primary N) is 1. The van der Waals surface area contributed by atoms with E-state index in [-0.39, 0.29) is 12.6 Å². The highest BCUT2D eigenvalue weighted by molar-refractivity contribution is 7.53. The van der Waals surface area contributed by atoms with Gasteiger partial charge in [-0.2, -0.15) is 24.2 Å². The number of rotatable bonds is 4. The van der Waals surface area contributed by atoms with Gasteiger partial charge in [0.1, 0.15) is 19.2 Å². The summed E-state index contributed by atoms with van der Waals surface area (Å²) in [7, 11) is -4.27. The van der Waals surface area contributed by atoms with E-state index < -0.39 is 26.2 Å².